The van der Waals surface area contributed by atoms with Crippen LogP contribution in [0, 0.1) is 5.82 Å². The number of nitrogens with zero attached hydrogens (tertiary/aromatic N) is 1. The first-order chi connectivity index (χ1) is 7.76. The highest BCUT2D eigenvalue weighted by Crippen LogP contribution is 2.02. The molecule has 1 aromatic rings. The third-order valence-electron chi connectivity index (χ3n) is 2.18. The van der Waals surface area contributed by atoms with E-state index < -0.39 is 0 Å². The summed E-state index contributed by atoms with van der Waals surface area (Å²) < 4.78 is 17.9. The van der Waals surface area contributed by atoms with Crippen LogP contribution in [0.15, 0.2) is 18.5 Å². The van der Waals surface area contributed by atoms with E-state index in [-0.39, 0.29) is 11.9 Å². The second-order valence-electron chi connectivity index (χ2n) is 3.52. The summed E-state index contributed by atoms with van der Waals surface area (Å²) in [6, 6.07) is 1.65. The lowest BCUT2D eigenvalue weighted by molar-refractivity contribution is 0.164. The van der Waals surface area contributed by atoms with Gasteiger partial charge in [0, 0.05) is 31.8 Å². The highest BCUT2D eigenvalue weighted by atomic mass is 35.5. The smallest absolute Gasteiger partial charge is 0.141 e. The number of methoxy groups -OCH3 is 1. The van der Waals surface area contributed by atoms with E-state index in [1.165, 1.54) is 12.3 Å². The molecule has 1 atom stereocenters. The summed E-state index contributed by atoms with van der Waals surface area (Å²) in [5.41, 5.74) is 0.815. The van der Waals surface area contributed by atoms with E-state index in [9.17, 15) is 4.39 Å². The molecule has 3 nitrogen and oxygen atoms in total. The topological polar surface area (TPSA) is 34.1 Å². The Balaban J connectivity index is 2.41. The summed E-state index contributed by atoms with van der Waals surface area (Å²) in [4.78, 5) is 3.78. The van der Waals surface area contributed by atoms with Gasteiger partial charge in [0.2, 0.25) is 0 Å². The molecule has 0 bridgehead atoms. The Hall–Kier alpha value is -0.710. The van der Waals surface area contributed by atoms with Crippen LogP contribution in [-0.2, 0) is 11.3 Å². The zero-order valence-corrected chi connectivity index (χ0v) is 10.0. The number of nitrogens with one attached hydrogen (secondary N) is 1. The van der Waals surface area contributed by atoms with Crippen LogP contribution in [0.5, 0.6) is 0 Å². The highest BCUT2D eigenvalue weighted by molar-refractivity contribution is 6.17. The minimum Gasteiger partial charge on any atom is -0.383 e. The molecule has 16 heavy (non-hydrogen) atoms. The van der Waals surface area contributed by atoms with Gasteiger partial charge in [0.25, 0.3) is 0 Å². The van der Waals surface area contributed by atoms with Crippen LogP contribution in [0.3, 0.4) is 0 Å². The molecule has 1 N–H and O–H groups in total. The summed E-state index contributed by atoms with van der Waals surface area (Å²) >= 11 is 5.67. The molecule has 0 spiro atoms. The molecule has 1 unspecified atom stereocenters. The first-order valence-corrected chi connectivity index (χ1v) is 5.67. The fourth-order valence-electron chi connectivity index (χ4n) is 1.39. The number of hydrogen-bond acceptors (Lipinski definition) is 3. The summed E-state index contributed by atoms with van der Waals surface area (Å²) in [5.74, 6) is 0.252. The van der Waals surface area contributed by atoms with Gasteiger partial charge in [-0.25, -0.2) is 4.39 Å². The first kappa shape index (κ1) is 13.4. The maximum atomic E-state index is 12.9. The lowest BCUT2D eigenvalue weighted by Crippen LogP contribution is -2.33. The molecule has 0 amide bonds. The number of pyridine rings is 1. The number of ether oxygens (including phenoxy) is 1. The normalized spacial score (nSPS) is 12.7. The van der Waals surface area contributed by atoms with Crippen molar-refractivity contribution in [1.29, 1.82) is 0 Å². The number of alkyl halides is 1. The molecular weight excluding hydrogens is 231 g/mol. The summed E-state index contributed by atoms with van der Waals surface area (Å²) in [5, 5.41) is 3.25. The minimum absolute atomic E-state index is 0.186. The van der Waals surface area contributed by atoms with Crippen molar-refractivity contribution >= 4 is 11.6 Å². The highest BCUT2D eigenvalue weighted by Gasteiger charge is 2.07. The van der Waals surface area contributed by atoms with Crippen LogP contribution < -0.4 is 5.32 Å². The Bertz CT molecular complexity index is 306. The third kappa shape index (κ3) is 4.88. The van der Waals surface area contributed by atoms with E-state index in [4.69, 9.17) is 16.3 Å². The fourth-order valence-corrected chi connectivity index (χ4v) is 1.66. The summed E-state index contributed by atoms with van der Waals surface area (Å²) in [7, 11) is 1.65. The van der Waals surface area contributed by atoms with Crippen molar-refractivity contribution in [1.82, 2.24) is 10.3 Å². The Morgan fingerprint density at radius 3 is 3.00 bits per heavy atom. The van der Waals surface area contributed by atoms with Gasteiger partial charge < -0.3 is 10.1 Å². The molecule has 0 saturated carbocycles. The van der Waals surface area contributed by atoms with Crippen molar-refractivity contribution in [3.8, 4) is 0 Å². The molecule has 90 valence electrons. The van der Waals surface area contributed by atoms with Crippen LogP contribution in [-0.4, -0.2) is 30.6 Å². The van der Waals surface area contributed by atoms with Gasteiger partial charge in [-0.2, -0.15) is 0 Å². The first-order valence-electron chi connectivity index (χ1n) is 5.14. The zero-order chi connectivity index (χ0) is 11.8. The third-order valence-corrected chi connectivity index (χ3v) is 2.40. The van der Waals surface area contributed by atoms with Gasteiger partial charge in [-0.3, -0.25) is 4.98 Å². The molecular formula is C11H16ClFN2O. The molecule has 5 heteroatoms. The number of rotatable bonds is 7. The number of hydrogen-bond donors (Lipinski definition) is 1. The maximum absolute atomic E-state index is 12.9. The Kier molecular flexibility index (Phi) is 6.30. The Labute approximate surface area is 100.0 Å². The van der Waals surface area contributed by atoms with Gasteiger partial charge in [-0.1, -0.05) is 0 Å². The van der Waals surface area contributed by atoms with Gasteiger partial charge >= 0.3 is 0 Å². The van der Waals surface area contributed by atoms with Crippen LogP contribution in [0.2, 0.25) is 0 Å². The van der Waals surface area contributed by atoms with Crippen molar-refractivity contribution in [3.63, 3.8) is 0 Å². The summed E-state index contributed by atoms with van der Waals surface area (Å²) in [6.07, 6.45) is 3.65. The van der Waals surface area contributed by atoms with Crippen molar-refractivity contribution in [2.45, 2.75) is 19.0 Å². The van der Waals surface area contributed by atoms with Gasteiger partial charge in [0.05, 0.1) is 12.8 Å². The number of aromatic nitrogens is 1. The van der Waals surface area contributed by atoms with E-state index in [1.807, 2.05) is 0 Å². The average molecular weight is 247 g/mol. The molecule has 1 heterocycles. The van der Waals surface area contributed by atoms with E-state index >= 15 is 0 Å². The minimum atomic E-state index is -0.320. The fraction of sp³-hybridized carbons (Fsp3) is 0.545. The molecule has 1 aromatic heterocycles. The lowest BCUT2D eigenvalue weighted by atomic mass is 10.2. The largest absolute Gasteiger partial charge is 0.383 e. The van der Waals surface area contributed by atoms with E-state index in [2.05, 4.69) is 10.3 Å². The molecule has 0 aromatic carbocycles. The van der Waals surface area contributed by atoms with Crippen molar-refractivity contribution in [2.24, 2.45) is 0 Å². The molecule has 0 fully saturated rings. The van der Waals surface area contributed by atoms with Crippen LogP contribution in [0.25, 0.3) is 0 Å². The zero-order valence-electron chi connectivity index (χ0n) is 9.25. The van der Waals surface area contributed by atoms with Gasteiger partial charge in [-0.15, -0.1) is 11.6 Å². The molecule has 0 aliphatic carbocycles. The van der Waals surface area contributed by atoms with Gasteiger partial charge in [0.15, 0.2) is 0 Å². The standard InChI is InChI=1S/C11H16ClFN2O/c1-16-8-11(2-3-12)15-6-9-4-10(13)7-14-5-9/h4-5,7,11,15H,2-3,6,8H2,1H3. The number of halogens is 2. The van der Waals surface area contributed by atoms with Gasteiger partial charge in [-0.05, 0) is 18.1 Å². The molecule has 1 rings (SSSR count). The molecule has 0 radical (unpaired) electrons. The Morgan fingerprint density at radius 2 is 2.38 bits per heavy atom. The van der Waals surface area contributed by atoms with E-state index in [0.29, 0.717) is 19.0 Å². The van der Waals surface area contributed by atoms with E-state index in [0.717, 1.165) is 12.0 Å². The quantitative estimate of drug-likeness (QED) is 0.747. The van der Waals surface area contributed by atoms with E-state index in [1.54, 1.807) is 13.3 Å². The van der Waals surface area contributed by atoms with Crippen molar-refractivity contribution in [3.05, 3.63) is 29.8 Å². The Morgan fingerprint density at radius 1 is 1.56 bits per heavy atom. The SMILES string of the molecule is COCC(CCCl)NCc1cncc(F)c1. The maximum Gasteiger partial charge on any atom is 0.141 e. The molecule has 0 saturated heterocycles. The molecule has 0 aliphatic heterocycles. The predicted molar refractivity (Wildman–Crippen MR) is 62.0 cm³/mol. The van der Waals surface area contributed by atoms with Gasteiger partial charge in [0.1, 0.15) is 5.82 Å². The van der Waals surface area contributed by atoms with Crippen LogP contribution >= 0.6 is 11.6 Å². The van der Waals surface area contributed by atoms with Crippen LogP contribution in [0.4, 0.5) is 4.39 Å². The second-order valence-corrected chi connectivity index (χ2v) is 3.90. The molecule has 0 aliphatic rings. The predicted octanol–water partition coefficient (Wildman–Crippen LogP) is 1.95. The second kappa shape index (κ2) is 7.54. The summed E-state index contributed by atoms with van der Waals surface area (Å²) in [6.45, 7) is 1.16. The van der Waals surface area contributed by atoms with Crippen molar-refractivity contribution < 1.29 is 9.13 Å². The van der Waals surface area contributed by atoms with Crippen LogP contribution in [0.1, 0.15) is 12.0 Å². The lowest BCUT2D eigenvalue weighted by Gasteiger charge is -2.16. The monoisotopic (exact) mass is 246 g/mol. The average Bonchev–Trinajstić information content (AvgIpc) is 2.27. The van der Waals surface area contributed by atoms with Crippen molar-refractivity contribution in [2.75, 3.05) is 19.6 Å².